The van der Waals surface area contributed by atoms with E-state index in [-0.39, 0.29) is 0 Å². The molecular weight excluding hydrogens is 627 g/mol. The number of fused-ring (bicyclic) bond motifs is 3. The van der Waals surface area contributed by atoms with Crippen LogP contribution in [0.15, 0.2) is 85.5 Å². The van der Waals surface area contributed by atoms with Crippen LogP contribution in [0, 0.1) is 11.3 Å². The molecule has 51 heavy (non-hydrogen) atoms. The maximum atomic E-state index is 8.68. The minimum atomic E-state index is 0.381. The van der Waals surface area contributed by atoms with Gasteiger partial charge in [0.1, 0.15) is 17.5 Å². The van der Waals surface area contributed by atoms with Gasteiger partial charge in [-0.1, -0.05) is 126 Å². The van der Waals surface area contributed by atoms with Gasteiger partial charge in [-0.05, 0) is 43.3 Å². The highest BCUT2D eigenvalue weighted by molar-refractivity contribution is 5.77. The predicted molar refractivity (Wildman–Crippen MR) is 222 cm³/mol. The topological polar surface area (TPSA) is 77.2 Å². The van der Waals surface area contributed by atoms with Crippen molar-refractivity contribution in [1.82, 2.24) is 28.7 Å². The van der Waals surface area contributed by atoms with Gasteiger partial charge >= 0.3 is 0 Å². The fraction of sp³-hybridized carbons (Fsp3) is 0.455. The number of aromatic nitrogens is 6. The van der Waals surface area contributed by atoms with Crippen LogP contribution in [0.4, 0.5) is 0 Å². The largest absolute Gasteiger partial charge is 0.328 e. The van der Waals surface area contributed by atoms with Gasteiger partial charge < -0.3 is 13.7 Å². The normalized spacial score (nSPS) is 10.2. The number of nitrogens with zero attached hydrogens (tertiary/aromatic N) is 7. The molecule has 0 saturated heterocycles. The minimum Gasteiger partial charge on any atom is -0.328 e. The molecule has 276 valence electrons. The average molecular weight is 692 g/mol. The molecule has 0 unspecified atom stereocenters. The molecule has 7 nitrogen and oxygen atoms in total. The summed E-state index contributed by atoms with van der Waals surface area (Å²) in [6.45, 7) is 33.5. The monoisotopic (exact) mass is 692 g/mol. The summed E-state index contributed by atoms with van der Waals surface area (Å²) < 4.78 is 6.68. The number of rotatable bonds is 8. The molecule has 0 atom stereocenters. The Hall–Kier alpha value is -4.70. The lowest BCUT2D eigenvalue weighted by Gasteiger charge is -2.09. The van der Waals surface area contributed by atoms with Gasteiger partial charge in [0.15, 0.2) is 0 Å². The molecule has 3 heterocycles. The Labute approximate surface area is 309 Å². The van der Waals surface area contributed by atoms with Gasteiger partial charge in [-0.25, -0.2) is 15.0 Å². The van der Waals surface area contributed by atoms with Gasteiger partial charge in [-0.2, -0.15) is 5.26 Å². The van der Waals surface area contributed by atoms with E-state index in [0.717, 1.165) is 53.3 Å². The van der Waals surface area contributed by atoms with Gasteiger partial charge in [0.05, 0.1) is 45.6 Å². The third-order valence-corrected chi connectivity index (χ3v) is 7.68. The first-order valence-electron chi connectivity index (χ1n) is 19.0. The third kappa shape index (κ3) is 11.7. The van der Waals surface area contributed by atoms with E-state index in [2.05, 4.69) is 126 Å². The van der Waals surface area contributed by atoms with Crippen LogP contribution < -0.4 is 0 Å². The highest BCUT2D eigenvalue weighted by Gasteiger charge is 2.14. The van der Waals surface area contributed by atoms with Crippen LogP contribution in [0.3, 0.4) is 0 Å². The average Bonchev–Trinajstić information content (AvgIpc) is 3.86. The van der Waals surface area contributed by atoms with Crippen molar-refractivity contribution in [3.8, 4) is 6.07 Å². The van der Waals surface area contributed by atoms with Crippen molar-refractivity contribution in [2.45, 2.75) is 134 Å². The fourth-order valence-corrected chi connectivity index (χ4v) is 5.65. The van der Waals surface area contributed by atoms with E-state index in [4.69, 9.17) is 5.26 Å². The van der Waals surface area contributed by atoms with E-state index < -0.39 is 0 Å². The number of hydrogen-bond donors (Lipinski definition) is 0. The van der Waals surface area contributed by atoms with E-state index in [1.54, 1.807) is 0 Å². The number of nitriles is 1. The molecule has 0 saturated carbocycles. The molecule has 0 N–H and O–H groups in total. The molecule has 3 aromatic carbocycles. The zero-order valence-corrected chi connectivity index (χ0v) is 33.9. The van der Waals surface area contributed by atoms with E-state index in [0.29, 0.717) is 24.2 Å². The first kappa shape index (κ1) is 44.3. The van der Waals surface area contributed by atoms with Gasteiger partial charge in [0.25, 0.3) is 0 Å². The quantitative estimate of drug-likeness (QED) is 0.149. The first-order chi connectivity index (χ1) is 24.7. The highest BCUT2D eigenvalue weighted by atomic mass is 15.1. The van der Waals surface area contributed by atoms with E-state index >= 15 is 0 Å². The molecule has 0 amide bonds. The van der Waals surface area contributed by atoms with E-state index in [1.807, 2.05) is 84.0 Å². The highest BCUT2D eigenvalue weighted by Crippen LogP contribution is 2.23. The van der Waals surface area contributed by atoms with Crippen molar-refractivity contribution in [2.75, 3.05) is 0 Å². The molecule has 0 aliphatic heterocycles. The number of benzene rings is 3. The van der Waals surface area contributed by atoms with E-state index in [9.17, 15) is 0 Å². The van der Waals surface area contributed by atoms with Crippen molar-refractivity contribution in [1.29, 1.82) is 5.26 Å². The zero-order chi connectivity index (χ0) is 38.5. The molecule has 3 aromatic heterocycles. The Morgan fingerprint density at radius 3 is 1.27 bits per heavy atom. The van der Waals surface area contributed by atoms with Crippen molar-refractivity contribution in [3.63, 3.8) is 0 Å². The lowest BCUT2D eigenvalue weighted by molar-refractivity contribution is 0.644. The summed E-state index contributed by atoms with van der Waals surface area (Å²) >= 11 is 0. The van der Waals surface area contributed by atoms with Crippen molar-refractivity contribution < 1.29 is 0 Å². The van der Waals surface area contributed by atoms with Crippen molar-refractivity contribution >= 4 is 33.1 Å². The van der Waals surface area contributed by atoms with Crippen LogP contribution in [-0.4, -0.2) is 28.7 Å². The lowest BCUT2D eigenvalue weighted by atomic mass is 10.2. The van der Waals surface area contributed by atoms with Crippen LogP contribution in [0.2, 0.25) is 0 Å². The Bertz CT molecular complexity index is 1890. The summed E-state index contributed by atoms with van der Waals surface area (Å²) in [4.78, 5) is 13.9. The lowest BCUT2D eigenvalue weighted by Crippen LogP contribution is -2.05. The first-order valence-corrected chi connectivity index (χ1v) is 19.0. The van der Waals surface area contributed by atoms with Crippen LogP contribution in [0.1, 0.15) is 132 Å². The van der Waals surface area contributed by atoms with Crippen LogP contribution in [0.25, 0.3) is 33.1 Å². The van der Waals surface area contributed by atoms with Crippen molar-refractivity contribution in [2.24, 2.45) is 0 Å². The zero-order valence-electron chi connectivity index (χ0n) is 33.9. The van der Waals surface area contributed by atoms with Crippen LogP contribution in [0.5, 0.6) is 0 Å². The number of imidazole rings is 3. The molecule has 0 bridgehead atoms. The summed E-state index contributed by atoms with van der Waals surface area (Å²) in [5.74, 6) is 4.70. The summed E-state index contributed by atoms with van der Waals surface area (Å²) in [5, 5.41) is 8.68. The molecular formula is C44H65N7. The Kier molecular flexibility index (Phi) is 20.6. The second kappa shape index (κ2) is 23.7. The molecule has 0 spiro atoms. The maximum Gasteiger partial charge on any atom is 0.112 e. The fourth-order valence-electron chi connectivity index (χ4n) is 5.65. The molecule has 0 aliphatic carbocycles. The van der Waals surface area contributed by atoms with Gasteiger partial charge in [0, 0.05) is 37.4 Å². The molecule has 0 aliphatic rings. The third-order valence-electron chi connectivity index (χ3n) is 7.68. The Balaban J connectivity index is 0.000000356. The minimum absolute atomic E-state index is 0.381. The second-order valence-electron chi connectivity index (χ2n) is 12.0. The van der Waals surface area contributed by atoms with Gasteiger partial charge in [-0.3, -0.25) is 0 Å². The maximum absolute atomic E-state index is 8.68. The number of allylic oxidation sites excluding steroid dienone is 1. The Morgan fingerprint density at radius 2 is 0.922 bits per heavy atom. The Morgan fingerprint density at radius 1 is 0.588 bits per heavy atom. The molecule has 7 heteroatoms. The van der Waals surface area contributed by atoms with Gasteiger partial charge in [0.2, 0.25) is 0 Å². The van der Waals surface area contributed by atoms with E-state index in [1.165, 1.54) is 16.9 Å². The number of hydrogen-bond acceptors (Lipinski definition) is 4. The summed E-state index contributed by atoms with van der Waals surface area (Å²) in [6.07, 6.45) is 2.44. The van der Waals surface area contributed by atoms with Crippen LogP contribution in [-0.2, 0) is 19.6 Å². The predicted octanol–water partition coefficient (Wildman–Crippen LogP) is 12.7. The molecule has 0 radical (unpaired) electrons. The summed E-state index contributed by atoms with van der Waals surface area (Å²) in [5.41, 5.74) is 6.77. The number of aryl methyl sites for hydroxylation is 2. The number of para-hydroxylation sites is 6. The molecule has 6 aromatic rings. The molecule has 0 fully saturated rings. The van der Waals surface area contributed by atoms with Crippen LogP contribution >= 0.6 is 0 Å². The summed E-state index contributed by atoms with van der Waals surface area (Å²) in [7, 11) is 0. The summed E-state index contributed by atoms with van der Waals surface area (Å²) in [6, 6.07) is 26.8. The second-order valence-corrected chi connectivity index (χ2v) is 12.0. The standard InChI is InChI=1S/C13H15N3.C13H16N2.C12H16N2.3C2H6/c1-10(2)13-15-11-6-3-4-7-12(11)16(13)9-5-8-14;1-4-9-15-12-8-6-5-7-11(12)14-13(15)10(2)3;1-4-14-11-8-6-5-7-10(11)13-12(14)9(2)3;3*1-2/h3-4,6-7,10H,5,9H2,1-2H3;4-8,10H,1,9H2,2-3H3;5-9H,4H2,1-3H3;3*1-2H3. The SMILES string of the molecule is C=CCn1c(C(C)C)nc2ccccc21.CC.CC.CC.CC(C)c1nc2ccccc2n1CCC#N.CCn1c(C(C)C)nc2ccccc21. The van der Waals surface area contributed by atoms with Crippen molar-refractivity contribution in [3.05, 3.63) is 103 Å². The smallest absolute Gasteiger partial charge is 0.112 e. The molecule has 6 rings (SSSR count). The van der Waals surface area contributed by atoms with Gasteiger partial charge in [-0.15, -0.1) is 6.58 Å².